The van der Waals surface area contributed by atoms with E-state index in [4.69, 9.17) is 17.3 Å². The molecule has 0 aliphatic carbocycles. The standard InChI is InChI=1S/C10H14BrClN2O2S/c1-7(13)4-5-14-17(15,16)8-2-3-9(11)10(12)6-8/h2-3,6-7,14H,4-5,13H2,1H3. The molecule has 0 aromatic heterocycles. The van der Waals surface area contributed by atoms with Crippen molar-refractivity contribution in [2.45, 2.75) is 24.3 Å². The molecule has 1 rings (SSSR count). The van der Waals surface area contributed by atoms with E-state index in [1.165, 1.54) is 12.1 Å². The fraction of sp³-hybridized carbons (Fsp3) is 0.400. The fourth-order valence-electron chi connectivity index (χ4n) is 1.15. The van der Waals surface area contributed by atoms with Gasteiger partial charge >= 0.3 is 0 Å². The molecule has 0 saturated carbocycles. The van der Waals surface area contributed by atoms with Crippen LogP contribution in [0.4, 0.5) is 0 Å². The number of hydrogen-bond donors (Lipinski definition) is 2. The molecule has 0 heterocycles. The van der Waals surface area contributed by atoms with Gasteiger partial charge in [0.25, 0.3) is 0 Å². The summed E-state index contributed by atoms with van der Waals surface area (Å²) in [4.78, 5) is 0.148. The zero-order valence-electron chi connectivity index (χ0n) is 9.28. The number of rotatable bonds is 5. The van der Waals surface area contributed by atoms with Gasteiger partial charge in [-0.05, 0) is 47.5 Å². The molecule has 96 valence electrons. The van der Waals surface area contributed by atoms with Crippen molar-refractivity contribution >= 4 is 37.6 Å². The van der Waals surface area contributed by atoms with E-state index in [-0.39, 0.29) is 10.9 Å². The molecule has 0 spiro atoms. The molecule has 0 aliphatic rings. The Balaban J connectivity index is 2.79. The molecule has 1 unspecified atom stereocenters. The smallest absolute Gasteiger partial charge is 0.240 e. The van der Waals surface area contributed by atoms with E-state index >= 15 is 0 Å². The monoisotopic (exact) mass is 340 g/mol. The summed E-state index contributed by atoms with van der Waals surface area (Å²) in [5.41, 5.74) is 5.54. The van der Waals surface area contributed by atoms with Gasteiger partial charge in [-0.25, -0.2) is 13.1 Å². The van der Waals surface area contributed by atoms with Gasteiger partial charge in [-0.1, -0.05) is 11.6 Å². The van der Waals surface area contributed by atoms with Crippen LogP contribution in [0.25, 0.3) is 0 Å². The quantitative estimate of drug-likeness (QED) is 0.861. The summed E-state index contributed by atoms with van der Waals surface area (Å²) in [6, 6.07) is 4.46. The first kappa shape index (κ1) is 14.9. The Labute approximate surface area is 115 Å². The molecule has 0 fully saturated rings. The molecule has 4 nitrogen and oxygen atoms in total. The first-order valence-electron chi connectivity index (χ1n) is 5.03. The number of halogens is 2. The van der Waals surface area contributed by atoms with Crippen molar-refractivity contribution in [2.75, 3.05) is 6.54 Å². The third-order valence-corrected chi connectivity index (χ3v) is 4.78. The first-order chi connectivity index (χ1) is 7.83. The Morgan fingerprint density at radius 2 is 2.18 bits per heavy atom. The molecular weight excluding hydrogens is 328 g/mol. The SMILES string of the molecule is CC(N)CCNS(=O)(=O)c1ccc(Br)c(Cl)c1. The topological polar surface area (TPSA) is 72.2 Å². The Morgan fingerprint density at radius 3 is 2.71 bits per heavy atom. The van der Waals surface area contributed by atoms with Gasteiger partial charge in [-0.2, -0.15) is 0 Å². The molecule has 1 aromatic carbocycles. The summed E-state index contributed by atoms with van der Waals surface area (Å²) < 4.78 is 26.8. The van der Waals surface area contributed by atoms with E-state index in [1.807, 2.05) is 6.92 Å². The number of nitrogens with one attached hydrogen (secondary N) is 1. The molecule has 0 bridgehead atoms. The third kappa shape index (κ3) is 4.56. The minimum absolute atomic E-state index is 0.0359. The third-order valence-electron chi connectivity index (χ3n) is 2.09. The summed E-state index contributed by atoms with van der Waals surface area (Å²) in [6.07, 6.45) is 0.587. The maximum Gasteiger partial charge on any atom is 0.240 e. The van der Waals surface area contributed by atoms with Crippen molar-refractivity contribution in [3.63, 3.8) is 0 Å². The van der Waals surface area contributed by atoms with Crippen LogP contribution in [0.2, 0.25) is 5.02 Å². The number of nitrogens with two attached hydrogens (primary N) is 1. The molecule has 7 heteroatoms. The van der Waals surface area contributed by atoms with E-state index in [9.17, 15) is 8.42 Å². The van der Waals surface area contributed by atoms with Crippen LogP contribution in [-0.2, 0) is 10.0 Å². The van der Waals surface area contributed by atoms with Crippen LogP contribution >= 0.6 is 27.5 Å². The molecule has 3 N–H and O–H groups in total. The van der Waals surface area contributed by atoms with Gasteiger partial charge in [0.15, 0.2) is 0 Å². The van der Waals surface area contributed by atoms with E-state index in [0.29, 0.717) is 22.5 Å². The lowest BCUT2D eigenvalue weighted by molar-refractivity contribution is 0.572. The Bertz CT molecular complexity index is 491. The molecule has 1 atom stereocenters. The molecule has 0 radical (unpaired) electrons. The van der Waals surface area contributed by atoms with Crippen molar-refractivity contribution in [1.29, 1.82) is 0 Å². The minimum atomic E-state index is -3.51. The van der Waals surface area contributed by atoms with Crippen LogP contribution in [-0.4, -0.2) is 21.0 Å². The van der Waals surface area contributed by atoms with Crippen molar-refractivity contribution in [2.24, 2.45) is 5.73 Å². The van der Waals surface area contributed by atoms with Crippen LogP contribution in [0.5, 0.6) is 0 Å². The van der Waals surface area contributed by atoms with Crippen molar-refractivity contribution in [3.8, 4) is 0 Å². The lowest BCUT2D eigenvalue weighted by Gasteiger charge is -2.09. The van der Waals surface area contributed by atoms with Crippen molar-refractivity contribution in [1.82, 2.24) is 4.72 Å². The summed E-state index contributed by atoms with van der Waals surface area (Å²) in [5, 5.41) is 0.361. The van der Waals surface area contributed by atoms with E-state index < -0.39 is 10.0 Å². The van der Waals surface area contributed by atoms with Gasteiger partial charge in [-0.3, -0.25) is 0 Å². The molecule has 0 saturated heterocycles. The van der Waals surface area contributed by atoms with Crippen LogP contribution in [0.1, 0.15) is 13.3 Å². The van der Waals surface area contributed by atoms with E-state index in [0.717, 1.165) is 0 Å². The summed E-state index contributed by atoms with van der Waals surface area (Å²) in [7, 11) is -3.51. The average Bonchev–Trinajstić information content (AvgIpc) is 2.21. The zero-order chi connectivity index (χ0) is 13.1. The number of sulfonamides is 1. The Kier molecular flexibility index (Phi) is 5.40. The summed E-state index contributed by atoms with van der Waals surface area (Å²) in [5.74, 6) is 0. The lowest BCUT2D eigenvalue weighted by atomic mass is 10.3. The zero-order valence-corrected chi connectivity index (χ0v) is 12.4. The predicted octanol–water partition coefficient (Wildman–Crippen LogP) is 2.12. The largest absolute Gasteiger partial charge is 0.328 e. The van der Waals surface area contributed by atoms with Crippen LogP contribution in [0, 0.1) is 0 Å². The summed E-state index contributed by atoms with van der Waals surface area (Å²) in [6.45, 7) is 2.14. The first-order valence-corrected chi connectivity index (χ1v) is 7.68. The minimum Gasteiger partial charge on any atom is -0.328 e. The maximum atomic E-state index is 11.9. The van der Waals surface area contributed by atoms with Crippen molar-refractivity contribution in [3.05, 3.63) is 27.7 Å². The lowest BCUT2D eigenvalue weighted by Crippen LogP contribution is -2.29. The predicted molar refractivity (Wildman–Crippen MR) is 72.6 cm³/mol. The Morgan fingerprint density at radius 1 is 1.53 bits per heavy atom. The van der Waals surface area contributed by atoms with Gasteiger partial charge < -0.3 is 5.73 Å². The highest BCUT2D eigenvalue weighted by molar-refractivity contribution is 9.10. The second-order valence-corrected chi connectivity index (χ2v) is 6.77. The van der Waals surface area contributed by atoms with E-state index in [1.54, 1.807) is 6.07 Å². The van der Waals surface area contributed by atoms with Gasteiger partial charge in [-0.15, -0.1) is 0 Å². The summed E-state index contributed by atoms with van der Waals surface area (Å²) >= 11 is 9.05. The second kappa shape index (κ2) is 6.15. The second-order valence-electron chi connectivity index (χ2n) is 3.74. The maximum absolute atomic E-state index is 11.9. The number of hydrogen-bond acceptors (Lipinski definition) is 3. The van der Waals surface area contributed by atoms with Crippen LogP contribution in [0.3, 0.4) is 0 Å². The molecule has 1 aromatic rings. The van der Waals surface area contributed by atoms with Gasteiger partial charge in [0.05, 0.1) is 9.92 Å². The van der Waals surface area contributed by atoms with Gasteiger partial charge in [0.2, 0.25) is 10.0 Å². The van der Waals surface area contributed by atoms with Gasteiger partial charge in [0.1, 0.15) is 0 Å². The van der Waals surface area contributed by atoms with Gasteiger partial charge in [0, 0.05) is 17.1 Å². The molecular formula is C10H14BrClN2O2S. The van der Waals surface area contributed by atoms with Crippen molar-refractivity contribution < 1.29 is 8.42 Å². The van der Waals surface area contributed by atoms with Crippen LogP contribution in [0.15, 0.2) is 27.6 Å². The highest BCUT2D eigenvalue weighted by Gasteiger charge is 2.14. The normalized spacial score (nSPS) is 13.6. The molecule has 0 amide bonds. The number of benzene rings is 1. The Hall–Kier alpha value is -0.140. The molecule has 17 heavy (non-hydrogen) atoms. The van der Waals surface area contributed by atoms with Crippen LogP contribution < -0.4 is 10.5 Å². The van der Waals surface area contributed by atoms with E-state index in [2.05, 4.69) is 20.7 Å². The average molecular weight is 342 g/mol. The highest BCUT2D eigenvalue weighted by atomic mass is 79.9. The fourth-order valence-corrected chi connectivity index (χ4v) is 2.71. The highest BCUT2D eigenvalue weighted by Crippen LogP contribution is 2.25. The molecule has 0 aliphatic heterocycles.